The molecule has 0 aromatic heterocycles. The van der Waals surface area contributed by atoms with Crippen LogP contribution in [0, 0.1) is 10.1 Å². The largest absolute Gasteiger partial charge is 0.324 e. The van der Waals surface area contributed by atoms with Gasteiger partial charge in [-0.05, 0) is 42.3 Å². The molecule has 31 heavy (non-hydrogen) atoms. The van der Waals surface area contributed by atoms with E-state index in [1.54, 1.807) is 30.3 Å². The lowest BCUT2D eigenvalue weighted by molar-refractivity contribution is -0.384. The van der Waals surface area contributed by atoms with E-state index < -0.39 is 26.9 Å². The third kappa shape index (κ3) is 6.11. The topological polar surface area (TPSA) is 118 Å². The van der Waals surface area contributed by atoms with E-state index in [1.165, 1.54) is 48.5 Å². The third-order valence-corrected chi connectivity index (χ3v) is 6.08. The van der Waals surface area contributed by atoms with Crippen molar-refractivity contribution in [1.29, 1.82) is 0 Å². The number of amides is 1. The van der Waals surface area contributed by atoms with Gasteiger partial charge >= 0.3 is 0 Å². The van der Waals surface area contributed by atoms with Crippen LogP contribution < -0.4 is 10.0 Å². The van der Waals surface area contributed by atoms with Gasteiger partial charge in [0.05, 0.1) is 9.82 Å². The average molecular weight is 460 g/mol. The smallest absolute Gasteiger partial charge is 0.271 e. The second kappa shape index (κ2) is 9.69. The Morgan fingerprint density at radius 3 is 2.32 bits per heavy atom. The Kier molecular flexibility index (Phi) is 7.01. The van der Waals surface area contributed by atoms with Crippen LogP contribution in [-0.2, 0) is 21.2 Å². The quantitative estimate of drug-likeness (QED) is 0.392. The van der Waals surface area contributed by atoms with Gasteiger partial charge in [-0.25, -0.2) is 8.42 Å². The van der Waals surface area contributed by atoms with Crippen LogP contribution in [-0.4, -0.2) is 25.3 Å². The predicted octanol–water partition coefficient (Wildman–Crippen LogP) is 3.78. The Labute approximate surface area is 184 Å². The SMILES string of the molecule is O=C(Nc1cccc([N+](=O)[O-])c1)C(Cc1ccccc1)NS(=O)(=O)c1ccc(Cl)cc1. The summed E-state index contributed by atoms with van der Waals surface area (Å²) in [6.07, 6.45) is 0.0778. The number of benzene rings is 3. The van der Waals surface area contributed by atoms with Crippen LogP contribution >= 0.6 is 11.6 Å². The van der Waals surface area contributed by atoms with Gasteiger partial charge in [-0.3, -0.25) is 14.9 Å². The highest BCUT2D eigenvalue weighted by Crippen LogP contribution is 2.19. The molecule has 2 N–H and O–H groups in total. The number of sulfonamides is 1. The molecule has 3 aromatic carbocycles. The number of non-ortho nitro benzene ring substituents is 1. The van der Waals surface area contributed by atoms with Gasteiger partial charge in [0.15, 0.2) is 0 Å². The molecule has 1 unspecified atom stereocenters. The minimum absolute atomic E-state index is 0.0434. The fourth-order valence-corrected chi connectivity index (χ4v) is 4.15. The van der Waals surface area contributed by atoms with Crippen LogP contribution in [0.4, 0.5) is 11.4 Å². The molecule has 8 nitrogen and oxygen atoms in total. The summed E-state index contributed by atoms with van der Waals surface area (Å²) in [6.45, 7) is 0. The molecular weight excluding hydrogens is 442 g/mol. The average Bonchev–Trinajstić information content (AvgIpc) is 2.74. The molecule has 0 bridgehead atoms. The summed E-state index contributed by atoms with van der Waals surface area (Å²) in [7, 11) is -4.03. The van der Waals surface area contributed by atoms with E-state index >= 15 is 0 Å². The number of nitrogens with one attached hydrogen (secondary N) is 2. The minimum Gasteiger partial charge on any atom is -0.324 e. The van der Waals surface area contributed by atoms with Gasteiger partial charge < -0.3 is 5.32 Å². The summed E-state index contributed by atoms with van der Waals surface area (Å²) in [5.41, 5.74) is 0.725. The highest BCUT2D eigenvalue weighted by atomic mass is 35.5. The molecule has 0 heterocycles. The molecule has 0 aliphatic carbocycles. The molecule has 0 spiro atoms. The molecule has 10 heteroatoms. The monoisotopic (exact) mass is 459 g/mol. The van der Waals surface area contributed by atoms with Gasteiger partial charge in [0.1, 0.15) is 6.04 Å². The summed E-state index contributed by atoms with van der Waals surface area (Å²) >= 11 is 5.82. The number of nitrogens with zero attached hydrogens (tertiary/aromatic N) is 1. The lowest BCUT2D eigenvalue weighted by Gasteiger charge is -2.19. The number of nitro groups is 1. The fraction of sp³-hybridized carbons (Fsp3) is 0.0952. The maximum atomic E-state index is 12.9. The molecule has 1 atom stereocenters. The zero-order chi connectivity index (χ0) is 22.4. The molecular formula is C21H18ClN3O5S. The third-order valence-electron chi connectivity index (χ3n) is 4.34. The van der Waals surface area contributed by atoms with E-state index in [4.69, 9.17) is 11.6 Å². The van der Waals surface area contributed by atoms with E-state index in [2.05, 4.69) is 10.0 Å². The molecule has 0 aliphatic rings. The normalized spacial score (nSPS) is 12.2. The predicted molar refractivity (Wildman–Crippen MR) is 117 cm³/mol. The van der Waals surface area contributed by atoms with Crippen molar-refractivity contribution in [2.24, 2.45) is 0 Å². The van der Waals surface area contributed by atoms with Gasteiger partial charge in [-0.15, -0.1) is 0 Å². The van der Waals surface area contributed by atoms with E-state index in [9.17, 15) is 23.3 Å². The fourth-order valence-electron chi connectivity index (χ4n) is 2.83. The van der Waals surface area contributed by atoms with Gasteiger partial charge in [0.2, 0.25) is 15.9 Å². The molecule has 0 fully saturated rings. The number of hydrogen-bond donors (Lipinski definition) is 2. The van der Waals surface area contributed by atoms with Gasteiger partial charge in [0.25, 0.3) is 5.69 Å². The van der Waals surface area contributed by atoms with Gasteiger partial charge in [-0.1, -0.05) is 48.0 Å². The van der Waals surface area contributed by atoms with Crippen molar-refractivity contribution >= 4 is 38.9 Å². The maximum absolute atomic E-state index is 12.9. The molecule has 3 rings (SSSR count). The zero-order valence-corrected chi connectivity index (χ0v) is 17.6. The lowest BCUT2D eigenvalue weighted by atomic mass is 10.1. The number of rotatable bonds is 8. The van der Waals surface area contributed by atoms with Crippen molar-refractivity contribution < 1.29 is 18.1 Å². The first-order valence-electron chi connectivity index (χ1n) is 9.12. The van der Waals surface area contributed by atoms with Gasteiger partial charge in [-0.2, -0.15) is 4.72 Å². The number of anilines is 1. The Morgan fingerprint density at radius 1 is 1.00 bits per heavy atom. The first kappa shape index (κ1) is 22.4. The second-order valence-electron chi connectivity index (χ2n) is 6.61. The number of nitro benzene ring substituents is 1. The highest BCUT2D eigenvalue weighted by molar-refractivity contribution is 7.89. The second-order valence-corrected chi connectivity index (χ2v) is 8.76. The van der Waals surface area contributed by atoms with Crippen molar-refractivity contribution in [3.8, 4) is 0 Å². The van der Waals surface area contributed by atoms with E-state index in [1.807, 2.05) is 0 Å². The molecule has 0 radical (unpaired) electrons. The number of carbonyl (C=O) groups excluding carboxylic acids is 1. The summed E-state index contributed by atoms with van der Waals surface area (Å²) in [5, 5.41) is 13.9. The van der Waals surface area contributed by atoms with Crippen molar-refractivity contribution in [1.82, 2.24) is 4.72 Å². The lowest BCUT2D eigenvalue weighted by Crippen LogP contribution is -2.45. The first-order chi connectivity index (χ1) is 14.7. The Balaban J connectivity index is 1.86. The summed E-state index contributed by atoms with van der Waals surface area (Å²) in [6, 6.07) is 18.7. The van der Waals surface area contributed by atoms with Crippen LogP contribution in [0.15, 0.2) is 83.8 Å². The highest BCUT2D eigenvalue weighted by Gasteiger charge is 2.26. The number of hydrogen-bond acceptors (Lipinski definition) is 5. The molecule has 0 saturated carbocycles. The molecule has 0 aliphatic heterocycles. The van der Waals surface area contributed by atoms with Crippen molar-refractivity contribution in [2.75, 3.05) is 5.32 Å². The Bertz CT molecular complexity index is 1190. The number of carbonyl (C=O) groups is 1. The zero-order valence-electron chi connectivity index (χ0n) is 16.1. The maximum Gasteiger partial charge on any atom is 0.271 e. The summed E-state index contributed by atoms with van der Waals surface area (Å²) < 4.78 is 28.1. The van der Waals surface area contributed by atoms with E-state index in [0.29, 0.717) is 5.02 Å². The van der Waals surface area contributed by atoms with Crippen LogP contribution in [0.2, 0.25) is 5.02 Å². The van der Waals surface area contributed by atoms with Crippen LogP contribution in [0.3, 0.4) is 0 Å². The summed E-state index contributed by atoms with van der Waals surface area (Å²) in [4.78, 5) is 23.3. The summed E-state index contributed by atoms with van der Waals surface area (Å²) in [5.74, 6) is -0.651. The van der Waals surface area contributed by atoms with Gasteiger partial charge in [0, 0.05) is 22.8 Å². The molecule has 3 aromatic rings. The van der Waals surface area contributed by atoms with Crippen molar-refractivity contribution in [3.05, 3.63) is 99.6 Å². The number of halogens is 1. The molecule has 160 valence electrons. The molecule has 1 amide bonds. The standard InChI is InChI=1S/C21H18ClN3O5S/c22-16-9-11-19(12-10-16)31(29,30)24-20(13-15-5-2-1-3-6-15)21(26)23-17-7-4-8-18(14-17)25(27)28/h1-12,14,20,24H,13H2,(H,23,26). The minimum atomic E-state index is -4.03. The first-order valence-corrected chi connectivity index (χ1v) is 11.0. The molecule has 0 saturated heterocycles. The van der Waals surface area contributed by atoms with Crippen LogP contribution in [0.5, 0.6) is 0 Å². The Hall–Kier alpha value is -3.27. The Morgan fingerprint density at radius 2 is 1.68 bits per heavy atom. The van der Waals surface area contributed by atoms with Crippen LogP contribution in [0.1, 0.15) is 5.56 Å². The van der Waals surface area contributed by atoms with E-state index in [0.717, 1.165) is 5.56 Å². The van der Waals surface area contributed by atoms with Crippen molar-refractivity contribution in [2.45, 2.75) is 17.4 Å². The van der Waals surface area contributed by atoms with Crippen LogP contribution in [0.25, 0.3) is 0 Å². The van der Waals surface area contributed by atoms with E-state index in [-0.39, 0.29) is 22.7 Å². The van der Waals surface area contributed by atoms with Crippen molar-refractivity contribution in [3.63, 3.8) is 0 Å².